The predicted octanol–water partition coefficient (Wildman–Crippen LogP) is 2.76. The normalized spacial score (nSPS) is 10.8. The van der Waals surface area contributed by atoms with Gasteiger partial charge in [0.1, 0.15) is 5.82 Å². The number of aromatic nitrogens is 2. The second-order valence-electron chi connectivity index (χ2n) is 4.60. The van der Waals surface area contributed by atoms with Crippen LogP contribution in [0.1, 0.15) is 24.6 Å². The lowest BCUT2D eigenvalue weighted by molar-refractivity contribution is 0.582. The molecule has 0 unspecified atom stereocenters. The van der Waals surface area contributed by atoms with Gasteiger partial charge in [0, 0.05) is 19.3 Å². The molecular weight excluding hydrogens is 241 g/mol. The summed E-state index contributed by atoms with van der Waals surface area (Å²) in [4.78, 5) is 4.15. The molecule has 4 heteroatoms. The van der Waals surface area contributed by atoms with E-state index >= 15 is 0 Å². The highest BCUT2D eigenvalue weighted by Gasteiger charge is 2.02. The van der Waals surface area contributed by atoms with E-state index in [0.717, 1.165) is 31.6 Å². The first-order chi connectivity index (χ1) is 9.31. The van der Waals surface area contributed by atoms with Gasteiger partial charge in [-0.15, -0.1) is 0 Å². The molecule has 2 rings (SSSR count). The average molecular weight is 261 g/mol. The van der Waals surface area contributed by atoms with Crippen LogP contribution < -0.4 is 5.32 Å². The van der Waals surface area contributed by atoms with Crippen LogP contribution in [0.3, 0.4) is 0 Å². The van der Waals surface area contributed by atoms with Crippen molar-refractivity contribution in [1.29, 1.82) is 0 Å². The summed E-state index contributed by atoms with van der Waals surface area (Å²) in [7, 11) is 0. The summed E-state index contributed by atoms with van der Waals surface area (Å²) in [6.45, 7) is 4.67. The molecule has 1 aromatic heterocycles. The Labute approximate surface area is 113 Å². The lowest BCUT2D eigenvalue weighted by Gasteiger charge is -2.08. The molecule has 0 saturated heterocycles. The first kappa shape index (κ1) is 13.7. The largest absolute Gasteiger partial charge is 0.333 e. The Kier molecular flexibility index (Phi) is 5.10. The first-order valence-electron chi connectivity index (χ1n) is 6.74. The van der Waals surface area contributed by atoms with Gasteiger partial charge in [0.2, 0.25) is 0 Å². The molecule has 102 valence electrons. The standard InChI is InChI=1S/C15H20FN3/c1-2-9-19-12-18-11-14(19)10-17-8-7-13-5-3-4-6-15(13)16/h3-6,11-12,17H,2,7-10H2,1H3. The molecule has 19 heavy (non-hydrogen) atoms. The monoisotopic (exact) mass is 261 g/mol. The van der Waals surface area contributed by atoms with E-state index in [1.807, 2.05) is 24.7 Å². The molecule has 3 nitrogen and oxygen atoms in total. The van der Waals surface area contributed by atoms with E-state index in [-0.39, 0.29) is 5.82 Å². The number of benzene rings is 1. The molecule has 0 spiro atoms. The van der Waals surface area contributed by atoms with E-state index < -0.39 is 0 Å². The summed E-state index contributed by atoms with van der Waals surface area (Å²) in [5, 5.41) is 3.33. The van der Waals surface area contributed by atoms with E-state index in [2.05, 4.69) is 21.8 Å². The maximum absolute atomic E-state index is 13.4. The number of nitrogens with zero attached hydrogens (tertiary/aromatic N) is 2. The maximum Gasteiger partial charge on any atom is 0.126 e. The number of nitrogens with one attached hydrogen (secondary N) is 1. The Morgan fingerprint density at radius 3 is 2.95 bits per heavy atom. The molecular formula is C15H20FN3. The van der Waals surface area contributed by atoms with Crippen LogP contribution in [-0.4, -0.2) is 16.1 Å². The van der Waals surface area contributed by atoms with Crippen LogP contribution in [0.5, 0.6) is 0 Å². The van der Waals surface area contributed by atoms with Gasteiger partial charge in [0.25, 0.3) is 0 Å². The van der Waals surface area contributed by atoms with Crippen LogP contribution in [0.4, 0.5) is 4.39 Å². The van der Waals surface area contributed by atoms with Crippen molar-refractivity contribution in [3.63, 3.8) is 0 Å². The minimum Gasteiger partial charge on any atom is -0.333 e. The van der Waals surface area contributed by atoms with Crippen molar-refractivity contribution in [1.82, 2.24) is 14.9 Å². The van der Waals surface area contributed by atoms with Crippen molar-refractivity contribution in [2.75, 3.05) is 6.54 Å². The molecule has 1 N–H and O–H groups in total. The first-order valence-corrected chi connectivity index (χ1v) is 6.74. The van der Waals surface area contributed by atoms with Crippen LogP contribution in [0.15, 0.2) is 36.8 Å². The topological polar surface area (TPSA) is 29.9 Å². The molecule has 1 heterocycles. The van der Waals surface area contributed by atoms with Gasteiger partial charge in [-0.25, -0.2) is 9.37 Å². The van der Waals surface area contributed by atoms with Gasteiger partial charge in [-0.3, -0.25) is 0 Å². The van der Waals surface area contributed by atoms with E-state index in [1.54, 1.807) is 6.07 Å². The second kappa shape index (κ2) is 7.04. The van der Waals surface area contributed by atoms with Crippen LogP contribution in [0.25, 0.3) is 0 Å². The SMILES string of the molecule is CCCn1cncc1CNCCc1ccccc1F. The van der Waals surface area contributed by atoms with Crippen molar-refractivity contribution in [3.05, 3.63) is 53.9 Å². The Morgan fingerprint density at radius 2 is 2.16 bits per heavy atom. The molecule has 0 radical (unpaired) electrons. The summed E-state index contributed by atoms with van der Waals surface area (Å²) < 4.78 is 15.6. The highest BCUT2D eigenvalue weighted by molar-refractivity contribution is 5.17. The molecule has 0 aliphatic carbocycles. The molecule has 0 amide bonds. The third-order valence-corrected chi connectivity index (χ3v) is 3.10. The van der Waals surface area contributed by atoms with Crippen molar-refractivity contribution in [2.24, 2.45) is 0 Å². The van der Waals surface area contributed by atoms with E-state index in [1.165, 1.54) is 11.8 Å². The van der Waals surface area contributed by atoms with E-state index in [0.29, 0.717) is 6.42 Å². The van der Waals surface area contributed by atoms with Crippen LogP contribution in [0.2, 0.25) is 0 Å². The summed E-state index contributed by atoms with van der Waals surface area (Å²) in [5.74, 6) is -0.125. The third-order valence-electron chi connectivity index (χ3n) is 3.10. The lowest BCUT2D eigenvalue weighted by atomic mass is 10.1. The fraction of sp³-hybridized carbons (Fsp3) is 0.400. The van der Waals surface area contributed by atoms with Gasteiger partial charge in [0.15, 0.2) is 0 Å². The zero-order valence-electron chi connectivity index (χ0n) is 11.3. The van der Waals surface area contributed by atoms with Gasteiger partial charge < -0.3 is 9.88 Å². The van der Waals surface area contributed by atoms with E-state index in [4.69, 9.17) is 0 Å². The Balaban J connectivity index is 1.78. The van der Waals surface area contributed by atoms with Crippen molar-refractivity contribution >= 4 is 0 Å². The van der Waals surface area contributed by atoms with Gasteiger partial charge in [-0.2, -0.15) is 0 Å². The Hall–Kier alpha value is -1.68. The minimum atomic E-state index is -0.125. The average Bonchev–Trinajstić information content (AvgIpc) is 2.85. The van der Waals surface area contributed by atoms with Crippen molar-refractivity contribution in [3.8, 4) is 0 Å². The fourth-order valence-electron chi connectivity index (χ4n) is 2.08. The van der Waals surface area contributed by atoms with Gasteiger partial charge in [-0.1, -0.05) is 25.1 Å². The zero-order chi connectivity index (χ0) is 13.5. The molecule has 0 aliphatic rings. The number of aryl methyl sites for hydroxylation is 1. The predicted molar refractivity (Wildman–Crippen MR) is 74.3 cm³/mol. The quantitative estimate of drug-likeness (QED) is 0.777. The number of rotatable bonds is 7. The molecule has 0 aliphatic heterocycles. The van der Waals surface area contributed by atoms with Crippen molar-refractivity contribution < 1.29 is 4.39 Å². The zero-order valence-corrected chi connectivity index (χ0v) is 11.3. The van der Waals surface area contributed by atoms with E-state index in [9.17, 15) is 4.39 Å². The highest BCUT2D eigenvalue weighted by atomic mass is 19.1. The third kappa shape index (κ3) is 3.89. The molecule has 0 fully saturated rings. The lowest BCUT2D eigenvalue weighted by Crippen LogP contribution is -2.19. The Morgan fingerprint density at radius 1 is 1.32 bits per heavy atom. The summed E-state index contributed by atoms with van der Waals surface area (Å²) in [6, 6.07) is 6.92. The minimum absolute atomic E-state index is 0.125. The maximum atomic E-state index is 13.4. The second-order valence-corrected chi connectivity index (χ2v) is 4.60. The van der Waals surface area contributed by atoms with Gasteiger partial charge >= 0.3 is 0 Å². The van der Waals surface area contributed by atoms with Gasteiger partial charge in [0.05, 0.1) is 12.0 Å². The fourth-order valence-corrected chi connectivity index (χ4v) is 2.08. The smallest absolute Gasteiger partial charge is 0.126 e. The number of hydrogen-bond acceptors (Lipinski definition) is 2. The molecule has 0 saturated carbocycles. The van der Waals surface area contributed by atoms with Crippen LogP contribution >= 0.6 is 0 Å². The number of halogens is 1. The van der Waals surface area contributed by atoms with Crippen LogP contribution in [-0.2, 0) is 19.5 Å². The number of imidazole rings is 1. The van der Waals surface area contributed by atoms with Crippen molar-refractivity contribution in [2.45, 2.75) is 32.9 Å². The molecule has 0 bridgehead atoms. The van der Waals surface area contributed by atoms with Crippen LogP contribution in [0, 0.1) is 5.82 Å². The number of hydrogen-bond donors (Lipinski definition) is 1. The highest BCUT2D eigenvalue weighted by Crippen LogP contribution is 2.06. The molecule has 1 aromatic carbocycles. The summed E-state index contributed by atoms with van der Waals surface area (Å²) in [6.07, 6.45) is 5.54. The van der Waals surface area contributed by atoms with Gasteiger partial charge in [-0.05, 0) is 31.0 Å². The Bertz CT molecular complexity index is 508. The summed E-state index contributed by atoms with van der Waals surface area (Å²) >= 11 is 0. The summed E-state index contributed by atoms with van der Waals surface area (Å²) in [5.41, 5.74) is 1.94. The molecule has 0 atom stereocenters. The molecule has 2 aromatic rings.